The maximum absolute atomic E-state index is 8.43. The zero-order chi connectivity index (χ0) is 10.4. The van der Waals surface area contributed by atoms with Crippen molar-refractivity contribution in [3.05, 3.63) is 0 Å². The number of nitrogens with zero attached hydrogens (tertiary/aromatic N) is 2. The number of ether oxygens (including phenoxy) is 1. The van der Waals surface area contributed by atoms with Gasteiger partial charge in [-0.05, 0) is 26.0 Å². The SMILES string of the molecule is CCOC1CC(N=C(NC#N)SC)C1. The fourth-order valence-electron chi connectivity index (χ4n) is 1.36. The molecule has 0 aromatic rings. The molecular weight excluding hydrogens is 198 g/mol. The van der Waals surface area contributed by atoms with Gasteiger partial charge in [-0.3, -0.25) is 10.3 Å². The van der Waals surface area contributed by atoms with Gasteiger partial charge in [0.25, 0.3) is 0 Å². The van der Waals surface area contributed by atoms with Gasteiger partial charge in [-0.1, -0.05) is 11.8 Å². The highest BCUT2D eigenvalue weighted by Crippen LogP contribution is 2.26. The fourth-order valence-corrected chi connectivity index (χ4v) is 1.77. The molecule has 0 saturated heterocycles. The second-order valence-electron chi connectivity index (χ2n) is 3.08. The van der Waals surface area contributed by atoms with Crippen LogP contribution in [0.5, 0.6) is 0 Å². The molecule has 1 saturated carbocycles. The molecule has 78 valence electrons. The highest BCUT2D eigenvalue weighted by molar-refractivity contribution is 8.13. The molecule has 1 rings (SSSR count). The number of nitriles is 1. The molecule has 0 aromatic carbocycles. The Kier molecular flexibility index (Phi) is 4.77. The summed E-state index contributed by atoms with van der Waals surface area (Å²) in [6.45, 7) is 2.77. The van der Waals surface area contributed by atoms with Crippen molar-refractivity contribution in [2.45, 2.75) is 31.9 Å². The van der Waals surface area contributed by atoms with Gasteiger partial charge in [0.15, 0.2) is 11.4 Å². The van der Waals surface area contributed by atoms with Crippen molar-refractivity contribution in [1.29, 1.82) is 5.26 Å². The molecule has 1 fully saturated rings. The lowest BCUT2D eigenvalue weighted by atomic mass is 9.90. The third-order valence-corrected chi connectivity index (χ3v) is 2.72. The maximum Gasteiger partial charge on any atom is 0.183 e. The lowest BCUT2D eigenvalue weighted by Crippen LogP contribution is -2.35. The highest BCUT2D eigenvalue weighted by Gasteiger charge is 2.29. The maximum atomic E-state index is 8.43. The van der Waals surface area contributed by atoms with Crippen LogP contribution in [0.2, 0.25) is 0 Å². The van der Waals surface area contributed by atoms with Crippen LogP contribution in [0.4, 0.5) is 0 Å². The summed E-state index contributed by atoms with van der Waals surface area (Å²) in [4.78, 5) is 4.39. The average molecular weight is 213 g/mol. The Balaban J connectivity index is 2.29. The van der Waals surface area contributed by atoms with Gasteiger partial charge in [0, 0.05) is 6.61 Å². The van der Waals surface area contributed by atoms with Crippen LogP contribution in [-0.2, 0) is 4.74 Å². The van der Waals surface area contributed by atoms with E-state index in [-0.39, 0.29) is 0 Å². The van der Waals surface area contributed by atoms with E-state index in [1.165, 1.54) is 11.8 Å². The molecule has 0 bridgehead atoms. The zero-order valence-electron chi connectivity index (χ0n) is 8.49. The highest BCUT2D eigenvalue weighted by atomic mass is 32.2. The number of hydrogen-bond donors (Lipinski definition) is 1. The van der Waals surface area contributed by atoms with E-state index >= 15 is 0 Å². The van der Waals surface area contributed by atoms with Crippen LogP contribution in [-0.4, -0.2) is 30.2 Å². The molecule has 0 unspecified atom stereocenters. The second-order valence-corrected chi connectivity index (χ2v) is 3.87. The van der Waals surface area contributed by atoms with Gasteiger partial charge in [0.1, 0.15) is 0 Å². The Morgan fingerprint density at radius 2 is 2.43 bits per heavy atom. The Bertz CT molecular complexity index is 243. The number of rotatable bonds is 3. The lowest BCUT2D eigenvalue weighted by molar-refractivity contribution is -0.000662. The smallest absolute Gasteiger partial charge is 0.183 e. The van der Waals surface area contributed by atoms with Crippen LogP contribution < -0.4 is 5.32 Å². The topological polar surface area (TPSA) is 57.4 Å². The molecule has 0 aliphatic heterocycles. The Morgan fingerprint density at radius 3 is 2.93 bits per heavy atom. The third-order valence-electron chi connectivity index (χ3n) is 2.13. The number of aliphatic imine (C=N–C) groups is 1. The summed E-state index contributed by atoms with van der Waals surface area (Å²) >= 11 is 1.46. The molecule has 0 amide bonds. The Labute approximate surface area is 88.7 Å². The van der Waals surface area contributed by atoms with Crippen molar-refractivity contribution in [3.8, 4) is 6.19 Å². The molecule has 5 heteroatoms. The van der Waals surface area contributed by atoms with Gasteiger partial charge in [0.2, 0.25) is 0 Å². The first kappa shape index (κ1) is 11.3. The molecular formula is C9H15N3OS. The summed E-state index contributed by atoms with van der Waals surface area (Å²) in [5.74, 6) is 0. The van der Waals surface area contributed by atoms with Crippen molar-refractivity contribution >= 4 is 16.9 Å². The minimum Gasteiger partial charge on any atom is -0.378 e. The molecule has 4 nitrogen and oxygen atoms in total. The van der Waals surface area contributed by atoms with E-state index in [1.807, 2.05) is 19.4 Å². The van der Waals surface area contributed by atoms with Gasteiger partial charge in [-0.15, -0.1) is 0 Å². The summed E-state index contributed by atoms with van der Waals surface area (Å²) in [7, 11) is 0. The molecule has 1 aliphatic rings. The van der Waals surface area contributed by atoms with Crippen LogP contribution in [0.3, 0.4) is 0 Å². The summed E-state index contributed by atoms with van der Waals surface area (Å²) in [5, 5.41) is 11.7. The predicted molar refractivity (Wildman–Crippen MR) is 58.1 cm³/mol. The lowest BCUT2D eigenvalue weighted by Gasteiger charge is -2.32. The minimum atomic E-state index is 0.329. The second kappa shape index (κ2) is 5.89. The number of hydrogen-bond acceptors (Lipinski definition) is 4. The molecule has 0 aromatic heterocycles. The van der Waals surface area contributed by atoms with Gasteiger partial charge in [-0.25, -0.2) is 0 Å². The van der Waals surface area contributed by atoms with E-state index in [0.29, 0.717) is 17.3 Å². The standard InChI is InChI=1S/C9H15N3OS/c1-3-13-8-4-7(5-8)12-9(14-2)11-6-10/h7-8H,3-5H2,1-2H3,(H,11,12). The van der Waals surface area contributed by atoms with Gasteiger partial charge in [0.05, 0.1) is 12.1 Å². The summed E-state index contributed by atoms with van der Waals surface area (Å²) in [6, 6.07) is 0.329. The van der Waals surface area contributed by atoms with E-state index in [9.17, 15) is 0 Å². The van der Waals surface area contributed by atoms with E-state index < -0.39 is 0 Å². The number of thioether (sulfide) groups is 1. The van der Waals surface area contributed by atoms with E-state index in [0.717, 1.165) is 19.4 Å². The number of amidine groups is 1. The van der Waals surface area contributed by atoms with Crippen LogP contribution in [0.1, 0.15) is 19.8 Å². The first-order valence-electron chi connectivity index (χ1n) is 4.68. The van der Waals surface area contributed by atoms with Crippen molar-refractivity contribution < 1.29 is 4.74 Å². The first-order chi connectivity index (χ1) is 6.80. The van der Waals surface area contributed by atoms with E-state index in [1.54, 1.807) is 0 Å². The summed E-state index contributed by atoms with van der Waals surface area (Å²) in [5.41, 5.74) is 0. The minimum absolute atomic E-state index is 0.329. The molecule has 0 atom stereocenters. The normalized spacial score (nSPS) is 26.5. The summed E-state index contributed by atoms with van der Waals surface area (Å²) in [6.07, 6.45) is 6.11. The van der Waals surface area contributed by atoms with Crippen molar-refractivity contribution in [3.63, 3.8) is 0 Å². The Morgan fingerprint density at radius 1 is 1.71 bits per heavy atom. The van der Waals surface area contributed by atoms with Gasteiger partial charge in [-0.2, -0.15) is 5.26 Å². The molecule has 14 heavy (non-hydrogen) atoms. The number of nitrogens with one attached hydrogen (secondary N) is 1. The Hall–Kier alpha value is -0.730. The van der Waals surface area contributed by atoms with Crippen molar-refractivity contribution in [1.82, 2.24) is 5.32 Å². The van der Waals surface area contributed by atoms with Crippen molar-refractivity contribution in [2.75, 3.05) is 12.9 Å². The first-order valence-corrected chi connectivity index (χ1v) is 5.91. The van der Waals surface area contributed by atoms with Crippen LogP contribution >= 0.6 is 11.8 Å². The molecule has 0 radical (unpaired) electrons. The largest absolute Gasteiger partial charge is 0.378 e. The van der Waals surface area contributed by atoms with Gasteiger partial charge >= 0.3 is 0 Å². The monoisotopic (exact) mass is 213 g/mol. The molecule has 0 spiro atoms. The van der Waals surface area contributed by atoms with Crippen LogP contribution in [0.15, 0.2) is 4.99 Å². The zero-order valence-corrected chi connectivity index (χ0v) is 9.30. The molecule has 0 heterocycles. The average Bonchev–Trinajstić information content (AvgIpc) is 2.13. The molecule has 1 N–H and O–H groups in total. The van der Waals surface area contributed by atoms with Crippen molar-refractivity contribution in [2.24, 2.45) is 4.99 Å². The third kappa shape index (κ3) is 3.20. The van der Waals surface area contributed by atoms with Crippen LogP contribution in [0, 0.1) is 11.5 Å². The quantitative estimate of drug-likeness (QED) is 0.333. The summed E-state index contributed by atoms with van der Waals surface area (Å²) < 4.78 is 5.42. The molecule has 1 aliphatic carbocycles. The predicted octanol–water partition coefficient (Wildman–Crippen LogP) is 1.34. The fraction of sp³-hybridized carbons (Fsp3) is 0.778. The van der Waals surface area contributed by atoms with E-state index in [2.05, 4.69) is 10.3 Å². The van der Waals surface area contributed by atoms with E-state index in [4.69, 9.17) is 10.00 Å². The van der Waals surface area contributed by atoms with Crippen LogP contribution in [0.25, 0.3) is 0 Å². The van der Waals surface area contributed by atoms with Gasteiger partial charge < -0.3 is 4.74 Å².